The molecule has 0 aromatic heterocycles. The maximum atomic E-state index is 9.12. The molecule has 0 spiro atoms. The summed E-state index contributed by atoms with van der Waals surface area (Å²) in [5.74, 6) is 1.42. The Labute approximate surface area is 211 Å². The van der Waals surface area contributed by atoms with E-state index in [0.717, 1.165) is 0 Å². The Balaban J connectivity index is 1.77. The highest BCUT2D eigenvalue weighted by Crippen LogP contribution is 2.31. The maximum Gasteiger partial charge on any atom is 0.611 e. The van der Waals surface area contributed by atoms with Gasteiger partial charge in [-0.25, -0.2) is 0 Å². The Hall–Kier alpha value is -3.56. The number of hydrogen-bond acceptors (Lipinski definition) is 5. The number of nitriles is 1. The Morgan fingerprint density at radius 3 is 1.00 bits per heavy atom. The number of ether oxygens (including phenoxy) is 4. The first-order chi connectivity index (χ1) is 16.4. The fraction of sp³-hybridized carbons (Fsp3) is 0.0385. The molecule has 0 saturated carbocycles. The van der Waals surface area contributed by atoms with E-state index in [-0.39, 0.29) is 0 Å². The molecule has 0 radical (unpaired) electrons. The zero-order valence-corrected chi connectivity index (χ0v) is 19.7. The molecule has 0 fully saturated rings. The van der Waals surface area contributed by atoms with Gasteiger partial charge in [-0.05, 0) is 97.1 Å². The summed E-state index contributed by atoms with van der Waals surface area (Å²) in [5.41, 5.74) is 0.466. The molecule has 4 aromatic carbocycles. The monoisotopic (exact) mass is 511 g/mol. The van der Waals surface area contributed by atoms with Gasteiger partial charge in [0.1, 0.15) is 23.0 Å². The van der Waals surface area contributed by atoms with Crippen LogP contribution in [-0.2, 0) is 0 Å². The molecule has 34 heavy (non-hydrogen) atoms. The van der Waals surface area contributed by atoms with Gasteiger partial charge in [0.25, 0.3) is 0 Å². The van der Waals surface area contributed by atoms with Crippen molar-refractivity contribution >= 4 is 34.8 Å². The van der Waals surface area contributed by atoms with Crippen molar-refractivity contribution in [2.45, 2.75) is 6.16 Å². The third-order valence-corrected chi connectivity index (χ3v) is 5.15. The Morgan fingerprint density at radius 1 is 0.471 bits per heavy atom. The second kappa shape index (κ2) is 10.6. The molecule has 0 N–H and O–H groups in total. The summed E-state index contributed by atoms with van der Waals surface area (Å²) >= 11 is 18.1. The molecule has 0 bridgehead atoms. The molecule has 0 aliphatic rings. The van der Waals surface area contributed by atoms with Gasteiger partial charge in [-0.2, -0.15) is 5.26 Å². The Bertz CT molecular complexity index is 1150. The van der Waals surface area contributed by atoms with Gasteiger partial charge in [-0.15, -0.1) is 0 Å². The van der Waals surface area contributed by atoms with E-state index in [1.165, 1.54) is 0 Å². The summed E-state index contributed by atoms with van der Waals surface area (Å²) < 4.78 is 24.5. The maximum absolute atomic E-state index is 9.12. The predicted molar refractivity (Wildman–Crippen MR) is 131 cm³/mol. The minimum atomic E-state index is -2.12. The van der Waals surface area contributed by atoms with Gasteiger partial charge < -0.3 is 18.9 Å². The van der Waals surface area contributed by atoms with Crippen LogP contribution in [0.2, 0.25) is 15.1 Å². The normalized spacial score (nSPS) is 10.8. The molecule has 8 heteroatoms. The van der Waals surface area contributed by atoms with E-state index in [2.05, 4.69) is 6.07 Å². The molecule has 170 valence electrons. The van der Waals surface area contributed by atoms with Crippen molar-refractivity contribution in [3.8, 4) is 29.1 Å². The molecule has 0 unspecified atom stereocenters. The lowest BCUT2D eigenvalue weighted by atomic mass is 10.2. The average molecular weight is 513 g/mol. The van der Waals surface area contributed by atoms with Crippen LogP contribution < -0.4 is 18.9 Å². The van der Waals surface area contributed by atoms with Crippen molar-refractivity contribution in [1.29, 1.82) is 5.26 Å². The van der Waals surface area contributed by atoms with Gasteiger partial charge in [-0.1, -0.05) is 34.8 Å². The minimum Gasteiger partial charge on any atom is -0.386 e. The molecule has 0 amide bonds. The Kier molecular flexibility index (Phi) is 7.34. The summed E-state index contributed by atoms with van der Waals surface area (Å²) in [6, 6.07) is 28.3. The molecule has 5 nitrogen and oxygen atoms in total. The molecule has 0 heterocycles. The quantitative estimate of drug-likeness (QED) is 0.226. The molecule has 0 atom stereocenters. The van der Waals surface area contributed by atoms with Crippen molar-refractivity contribution in [3.05, 3.63) is 118 Å². The van der Waals surface area contributed by atoms with Crippen LogP contribution in [0.4, 0.5) is 0 Å². The highest BCUT2D eigenvalue weighted by Gasteiger charge is 2.44. The van der Waals surface area contributed by atoms with E-state index < -0.39 is 6.16 Å². The number of benzene rings is 4. The van der Waals surface area contributed by atoms with Crippen LogP contribution in [0.15, 0.2) is 97.1 Å². The van der Waals surface area contributed by atoms with E-state index in [9.17, 15) is 0 Å². The van der Waals surface area contributed by atoms with Gasteiger partial charge in [-0.3, -0.25) is 0 Å². The molecule has 4 rings (SSSR count). The lowest BCUT2D eigenvalue weighted by Gasteiger charge is -2.32. The van der Waals surface area contributed by atoms with Crippen molar-refractivity contribution in [1.82, 2.24) is 0 Å². The number of hydrogen-bond donors (Lipinski definition) is 0. The lowest BCUT2D eigenvalue weighted by molar-refractivity contribution is -0.367. The molecular weight excluding hydrogens is 497 g/mol. The number of nitrogens with zero attached hydrogens (tertiary/aromatic N) is 1. The zero-order valence-electron chi connectivity index (χ0n) is 17.5. The summed E-state index contributed by atoms with van der Waals surface area (Å²) in [6.07, 6.45) is -2.12. The molecule has 0 aliphatic carbocycles. The third-order valence-electron chi connectivity index (χ3n) is 4.40. The summed E-state index contributed by atoms with van der Waals surface area (Å²) in [4.78, 5) is 0. The average Bonchev–Trinajstić information content (AvgIpc) is 2.84. The van der Waals surface area contributed by atoms with Crippen LogP contribution in [-0.4, -0.2) is 6.16 Å². The van der Waals surface area contributed by atoms with E-state index in [4.69, 9.17) is 59.0 Å². The highest BCUT2D eigenvalue weighted by molar-refractivity contribution is 6.31. The topological polar surface area (TPSA) is 60.7 Å². The molecule has 0 aliphatic heterocycles. The van der Waals surface area contributed by atoms with Crippen LogP contribution in [0.25, 0.3) is 0 Å². The van der Waals surface area contributed by atoms with Crippen molar-refractivity contribution in [3.63, 3.8) is 0 Å². The smallest absolute Gasteiger partial charge is 0.386 e. The van der Waals surface area contributed by atoms with E-state index in [0.29, 0.717) is 43.6 Å². The number of halogens is 3. The first-order valence-corrected chi connectivity index (χ1v) is 11.1. The fourth-order valence-corrected chi connectivity index (χ4v) is 3.19. The van der Waals surface area contributed by atoms with Crippen LogP contribution in [0, 0.1) is 11.3 Å². The van der Waals surface area contributed by atoms with Crippen LogP contribution >= 0.6 is 34.8 Å². The molecule has 4 aromatic rings. The first kappa shape index (κ1) is 23.6. The molecule has 0 saturated heterocycles. The van der Waals surface area contributed by atoms with Crippen LogP contribution in [0.3, 0.4) is 0 Å². The van der Waals surface area contributed by atoms with Gasteiger partial charge in [0.05, 0.1) is 11.6 Å². The lowest BCUT2D eigenvalue weighted by Crippen LogP contribution is -2.53. The van der Waals surface area contributed by atoms with Crippen LogP contribution in [0.1, 0.15) is 5.56 Å². The van der Waals surface area contributed by atoms with E-state index in [1.807, 2.05) is 0 Å². The minimum absolute atomic E-state index is 0.330. The van der Waals surface area contributed by atoms with Crippen molar-refractivity contribution < 1.29 is 18.9 Å². The van der Waals surface area contributed by atoms with Crippen LogP contribution in [0.5, 0.6) is 23.0 Å². The van der Waals surface area contributed by atoms with Gasteiger partial charge in [0, 0.05) is 15.1 Å². The second-order valence-electron chi connectivity index (χ2n) is 6.91. The fourth-order valence-electron chi connectivity index (χ4n) is 2.81. The summed E-state index contributed by atoms with van der Waals surface area (Å²) in [5, 5.41) is 10.7. The van der Waals surface area contributed by atoms with E-state index in [1.54, 1.807) is 97.1 Å². The number of rotatable bonds is 8. The summed E-state index contributed by atoms with van der Waals surface area (Å²) in [7, 11) is 0. The van der Waals surface area contributed by atoms with Crippen molar-refractivity contribution in [2.75, 3.05) is 0 Å². The highest BCUT2D eigenvalue weighted by atomic mass is 35.5. The Morgan fingerprint density at radius 2 is 0.735 bits per heavy atom. The van der Waals surface area contributed by atoms with Gasteiger partial charge >= 0.3 is 6.16 Å². The van der Waals surface area contributed by atoms with Gasteiger partial charge in [0.2, 0.25) is 0 Å². The standard InChI is InChI=1S/C26H16Cl3NO4/c27-19-3-11-23(12-4-19)32-26(33-24-13-5-20(28)6-14-24,34-25-15-7-21(29)8-16-25)31-22-9-1-18(17-30)2-10-22/h1-16H. The largest absolute Gasteiger partial charge is 0.611 e. The first-order valence-electron chi connectivity index (χ1n) is 9.96. The second-order valence-corrected chi connectivity index (χ2v) is 8.22. The van der Waals surface area contributed by atoms with Gasteiger partial charge in [0.15, 0.2) is 0 Å². The predicted octanol–water partition coefficient (Wildman–Crippen LogP) is 7.75. The molecular formula is C26H16Cl3NO4. The third kappa shape index (κ3) is 6.27. The summed E-state index contributed by atoms with van der Waals surface area (Å²) in [6.45, 7) is 0. The van der Waals surface area contributed by atoms with E-state index >= 15 is 0 Å². The SMILES string of the molecule is N#Cc1ccc(OC(Oc2ccc(Cl)cc2)(Oc2ccc(Cl)cc2)Oc2ccc(Cl)cc2)cc1. The zero-order chi connectivity index (χ0) is 24.0. The van der Waals surface area contributed by atoms with Crippen molar-refractivity contribution in [2.24, 2.45) is 0 Å².